The number of nitrogens with zero attached hydrogens (tertiary/aromatic N) is 1. The van der Waals surface area contributed by atoms with Gasteiger partial charge < -0.3 is 10.2 Å². The van der Waals surface area contributed by atoms with E-state index in [0.29, 0.717) is 0 Å². The molecular formula is C14H30N2S. The van der Waals surface area contributed by atoms with E-state index in [1.54, 1.807) is 0 Å². The SMILES string of the molecule is CCSCCN1CCCC(CNCC(C)C)C1. The lowest BCUT2D eigenvalue weighted by atomic mass is 9.98. The van der Waals surface area contributed by atoms with Crippen molar-refractivity contribution in [2.75, 3.05) is 44.2 Å². The van der Waals surface area contributed by atoms with E-state index in [1.165, 1.54) is 57.1 Å². The second kappa shape index (κ2) is 9.23. The first-order chi connectivity index (χ1) is 8.22. The van der Waals surface area contributed by atoms with Crippen molar-refractivity contribution in [1.82, 2.24) is 10.2 Å². The molecule has 1 aliphatic rings. The molecule has 1 rings (SSSR count). The Morgan fingerprint density at radius 1 is 1.41 bits per heavy atom. The van der Waals surface area contributed by atoms with Gasteiger partial charge in [-0.2, -0.15) is 11.8 Å². The van der Waals surface area contributed by atoms with E-state index < -0.39 is 0 Å². The number of nitrogens with one attached hydrogen (secondary N) is 1. The third-order valence-electron chi connectivity index (χ3n) is 3.34. The van der Waals surface area contributed by atoms with Crippen LogP contribution in [0.2, 0.25) is 0 Å². The molecule has 1 aliphatic heterocycles. The fourth-order valence-electron chi connectivity index (χ4n) is 2.44. The summed E-state index contributed by atoms with van der Waals surface area (Å²) in [6.45, 7) is 13.1. The molecule has 1 unspecified atom stereocenters. The fourth-order valence-corrected chi connectivity index (χ4v) is 3.11. The van der Waals surface area contributed by atoms with Crippen molar-refractivity contribution in [2.24, 2.45) is 11.8 Å². The highest BCUT2D eigenvalue weighted by Gasteiger charge is 2.18. The van der Waals surface area contributed by atoms with Crippen molar-refractivity contribution in [3.63, 3.8) is 0 Å². The Balaban J connectivity index is 2.10. The Morgan fingerprint density at radius 2 is 2.24 bits per heavy atom. The number of hydrogen-bond acceptors (Lipinski definition) is 3. The normalized spacial score (nSPS) is 22.2. The van der Waals surface area contributed by atoms with Crippen molar-refractivity contribution in [3.8, 4) is 0 Å². The summed E-state index contributed by atoms with van der Waals surface area (Å²) in [5.41, 5.74) is 0. The lowest BCUT2D eigenvalue weighted by molar-refractivity contribution is 0.181. The summed E-state index contributed by atoms with van der Waals surface area (Å²) < 4.78 is 0. The minimum Gasteiger partial charge on any atom is -0.316 e. The van der Waals surface area contributed by atoms with Crippen molar-refractivity contribution in [1.29, 1.82) is 0 Å². The second-order valence-electron chi connectivity index (χ2n) is 5.56. The van der Waals surface area contributed by atoms with E-state index in [0.717, 1.165) is 11.8 Å². The Bertz CT molecular complexity index is 185. The molecule has 2 nitrogen and oxygen atoms in total. The van der Waals surface area contributed by atoms with Crippen LogP contribution in [0.5, 0.6) is 0 Å². The van der Waals surface area contributed by atoms with E-state index >= 15 is 0 Å². The van der Waals surface area contributed by atoms with Gasteiger partial charge in [0.05, 0.1) is 0 Å². The highest BCUT2D eigenvalue weighted by Crippen LogP contribution is 2.16. The van der Waals surface area contributed by atoms with Gasteiger partial charge in [0.1, 0.15) is 0 Å². The Kier molecular flexibility index (Phi) is 8.33. The van der Waals surface area contributed by atoms with Gasteiger partial charge in [-0.05, 0) is 50.1 Å². The molecule has 0 saturated carbocycles. The minimum absolute atomic E-state index is 0.774. The molecule has 1 N–H and O–H groups in total. The Hall–Kier alpha value is 0.270. The molecule has 1 heterocycles. The molecule has 1 fully saturated rings. The topological polar surface area (TPSA) is 15.3 Å². The molecule has 0 aromatic carbocycles. The van der Waals surface area contributed by atoms with Crippen molar-refractivity contribution in [2.45, 2.75) is 33.6 Å². The smallest absolute Gasteiger partial charge is 0.00725 e. The van der Waals surface area contributed by atoms with Crippen LogP contribution in [0.25, 0.3) is 0 Å². The maximum absolute atomic E-state index is 3.61. The van der Waals surface area contributed by atoms with E-state index in [1.807, 2.05) is 0 Å². The maximum Gasteiger partial charge on any atom is 0.00725 e. The predicted octanol–water partition coefficient (Wildman–Crippen LogP) is 2.70. The van der Waals surface area contributed by atoms with Crippen LogP contribution in [0.3, 0.4) is 0 Å². The fraction of sp³-hybridized carbons (Fsp3) is 1.00. The molecule has 17 heavy (non-hydrogen) atoms. The first-order valence-electron chi connectivity index (χ1n) is 7.23. The number of hydrogen-bond donors (Lipinski definition) is 1. The van der Waals surface area contributed by atoms with Crippen LogP contribution in [-0.2, 0) is 0 Å². The molecule has 102 valence electrons. The van der Waals surface area contributed by atoms with Crippen molar-refractivity contribution < 1.29 is 0 Å². The molecule has 0 aromatic heterocycles. The molecule has 1 saturated heterocycles. The molecule has 1 atom stereocenters. The molecular weight excluding hydrogens is 228 g/mol. The quantitative estimate of drug-likeness (QED) is 0.674. The predicted molar refractivity (Wildman–Crippen MR) is 79.9 cm³/mol. The summed E-state index contributed by atoms with van der Waals surface area (Å²) in [4.78, 5) is 2.66. The van der Waals surface area contributed by atoms with Gasteiger partial charge in [-0.1, -0.05) is 20.8 Å². The summed E-state index contributed by atoms with van der Waals surface area (Å²) in [5, 5.41) is 3.61. The molecule has 0 amide bonds. The van der Waals surface area contributed by atoms with Gasteiger partial charge in [0, 0.05) is 18.8 Å². The van der Waals surface area contributed by atoms with E-state index in [4.69, 9.17) is 0 Å². The molecule has 0 radical (unpaired) electrons. The average Bonchev–Trinajstić information content (AvgIpc) is 2.29. The highest BCUT2D eigenvalue weighted by molar-refractivity contribution is 7.99. The Morgan fingerprint density at radius 3 is 2.94 bits per heavy atom. The van der Waals surface area contributed by atoms with Gasteiger partial charge in [-0.3, -0.25) is 0 Å². The summed E-state index contributed by atoms with van der Waals surface area (Å²) in [5.74, 6) is 4.22. The molecule has 0 aliphatic carbocycles. The third-order valence-corrected chi connectivity index (χ3v) is 4.22. The zero-order chi connectivity index (χ0) is 12.5. The van der Waals surface area contributed by atoms with Crippen LogP contribution >= 0.6 is 11.8 Å². The average molecular weight is 258 g/mol. The molecule has 0 aromatic rings. The number of piperidine rings is 1. The zero-order valence-electron chi connectivity index (χ0n) is 11.9. The van der Waals surface area contributed by atoms with E-state index in [-0.39, 0.29) is 0 Å². The van der Waals surface area contributed by atoms with E-state index in [2.05, 4.69) is 42.7 Å². The minimum atomic E-state index is 0.774. The van der Waals surface area contributed by atoms with Gasteiger partial charge in [0.25, 0.3) is 0 Å². The second-order valence-corrected chi connectivity index (χ2v) is 6.95. The number of thioether (sulfide) groups is 1. The van der Waals surface area contributed by atoms with Crippen molar-refractivity contribution in [3.05, 3.63) is 0 Å². The van der Waals surface area contributed by atoms with Crippen LogP contribution < -0.4 is 5.32 Å². The summed E-state index contributed by atoms with van der Waals surface area (Å²) in [6, 6.07) is 0. The van der Waals surface area contributed by atoms with Crippen LogP contribution in [-0.4, -0.2) is 49.1 Å². The standard InChI is InChI=1S/C14H30N2S/c1-4-17-9-8-16-7-5-6-14(12-16)11-15-10-13(2)3/h13-15H,4-12H2,1-3H3. The highest BCUT2D eigenvalue weighted by atomic mass is 32.2. The van der Waals surface area contributed by atoms with Gasteiger partial charge in [-0.15, -0.1) is 0 Å². The molecule has 0 spiro atoms. The lowest BCUT2D eigenvalue weighted by Gasteiger charge is -2.32. The van der Waals surface area contributed by atoms with Gasteiger partial charge in [0.2, 0.25) is 0 Å². The first-order valence-corrected chi connectivity index (χ1v) is 8.38. The summed E-state index contributed by atoms with van der Waals surface area (Å²) in [6.07, 6.45) is 2.81. The van der Waals surface area contributed by atoms with Gasteiger partial charge in [0.15, 0.2) is 0 Å². The zero-order valence-corrected chi connectivity index (χ0v) is 12.7. The van der Waals surface area contributed by atoms with Crippen LogP contribution in [0.1, 0.15) is 33.6 Å². The van der Waals surface area contributed by atoms with Crippen LogP contribution in [0, 0.1) is 11.8 Å². The number of rotatable bonds is 8. The third kappa shape index (κ3) is 7.32. The summed E-state index contributed by atoms with van der Waals surface area (Å²) >= 11 is 2.07. The van der Waals surface area contributed by atoms with E-state index in [9.17, 15) is 0 Å². The summed E-state index contributed by atoms with van der Waals surface area (Å²) in [7, 11) is 0. The Labute approximate surface area is 112 Å². The number of likely N-dealkylation sites (tertiary alicyclic amines) is 1. The largest absolute Gasteiger partial charge is 0.316 e. The van der Waals surface area contributed by atoms with Gasteiger partial charge in [-0.25, -0.2) is 0 Å². The molecule has 0 bridgehead atoms. The first kappa shape index (κ1) is 15.3. The molecule has 3 heteroatoms. The van der Waals surface area contributed by atoms with Crippen LogP contribution in [0.4, 0.5) is 0 Å². The maximum atomic E-state index is 3.61. The van der Waals surface area contributed by atoms with Gasteiger partial charge >= 0.3 is 0 Å². The van der Waals surface area contributed by atoms with Crippen LogP contribution in [0.15, 0.2) is 0 Å². The van der Waals surface area contributed by atoms with Crippen molar-refractivity contribution >= 4 is 11.8 Å². The monoisotopic (exact) mass is 258 g/mol. The lowest BCUT2D eigenvalue weighted by Crippen LogP contribution is -2.41.